The zero-order chi connectivity index (χ0) is 17.2. The smallest absolute Gasteiger partial charge is 0.227 e. The average molecular weight is 338 g/mol. The average Bonchev–Trinajstić information content (AvgIpc) is 2.67. The molecule has 2 heterocycles. The first-order valence-electron chi connectivity index (χ1n) is 8.70. The maximum Gasteiger partial charge on any atom is 0.227 e. The van der Waals surface area contributed by atoms with Crippen LogP contribution in [0.3, 0.4) is 0 Å². The Morgan fingerprint density at radius 3 is 2.92 bits per heavy atom. The minimum absolute atomic E-state index is 0.154. The first-order chi connectivity index (χ1) is 12.3. The summed E-state index contributed by atoms with van der Waals surface area (Å²) < 4.78 is 11.0. The van der Waals surface area contributed by atoms with Gasteiger partial charge in [-0.05, 0) is 36.2 Å². The fourth-order valence-electron chi connectivity index (χ4n) is 3.58. The molecule has 130 valence electrons. The topological polar surface area (TPSA) is 42.0 Å². The molecule has 0 radical (unpaired) electrons. The summed E-state index contributed by atoms with van der Waals surface area (Å²) in [7, 11) is 1.66. The van der Waals surface area contributed by atoms with E-state index in [1.807, 2.05) is 47.4 Å². The van der Waals surface area contributed by atoms with E-state index in [-0.39, 0.29) is 5.91 Å². The summed E-state index contributed by atoms with van der Waals surface area (Å²) in [5, 5.41) is 0. The third-order valence-electron chi connectivity index (χ3n) is 4.86. The highest BCUT2D eigenvalue weighted by molar-refractivity contribution is 5.99. The molecule has 0 fully saturated rings. The van der Waals surface area contributed by atoms with Crippen molar-refractivity contribution in [1.29, 1.82) is 0 Å². The summed E-state index contributed by atoms with van der Waals surface area (Å²) in [6.07, 6.45) is 1.19. The van der Waals surface area contributed by atoms with Crippen molar-refractivity contribution in [2.75, 3.05) is 43.2 Å². The highest BCUT2D eigenvalue weighted by Gasteiger charge is 2.31. The summed E-state index contributed by atoms with van der Waals surface area (Å²) in [5.74, 6) is 1.86. The molecule has 0 unspecified atom stereocenters. The zero-order valence-electron chi connectivity index (χ0n) is 14.4. The summed E-state index contributed by atoms with van der Waals surface area (Å²) in [6.45, 7) is 3.18. The molecule has 2 aromatic carbocycles. The molecule has 4 rings (SSSR count). The number of methoxy groups -OCH3 is 1. The van der Waals surface area contributed by atoms with Gasteiger partial charge in [0.1, 0.15) is 23.8 Å². The number of amides is 1. The molecule has 1 amide bonds. The summed E-state index contributed by atoms with van der Waals surface area (Å²) >= 11 is 0. The minimum Gasteiger partial charge on any atom is -0.497 e. The predicted octanol–water partition coefficient (Wildman–Crippen LogP) is 2.87. The molecule has 25 heavy (non-hydrogen) atoms. The number of ether oxygens (including phenoxy) is 2. The summed E-state index contributed by atoms with van der Waals surface area (Å²) in [4.78, 5) is 17.1. The molecule has 0 atom stereocenters. The van der Waals surface area contributed by atoms with Gasteiger partial charge in [-0.15, -0.1) is 0 Å². The fourth-order valence-corrected chi connectivity index (χ4v) is 3.58. The van der Waals surface area contributed by atoms with Gasteiger partial charge in [0.15, 0.2) is 0 Å². The van der Waals surface area contributed by atoms with E-state index >= 15 is 0 Å². The van der Waals surface area contributed by atoms with Gasteiger partial charge in [-0.25, -0.2) is 0 Å². The van der Waals surface area contributed by atoms with Crippen molar-refractivity contribution >= 4 is 17.3 Å². The first-order valence-corrected chi connectivity index (χ1v) is 8.70. The Balaban J connectivity index is 1.51. The van der Waals surface area contributed by atoms with Crippen LogP contribution in [-0.4, -0.2) is 39.3 Å². The van der Waals surface area contributed by atoms with Crippen LogP contribution in [0.4, 0.5) is 11.4 Å². The Kier molecular flexibility index (Phi) is 4.22. The van der Waals surface area contributed by atoms with Gasteiger partial charge in [-0.1, -0.05) is 18.2 Å². The molecule has 0 aliphatic carbocycles. The molecular formula is C20H22N2O3. The molecule has 0 spiro atoms. The lowest BCUT2D eigenvalue weighted by Crippen LogP contribution is -2.47. The van der Waals surface area contributed by atoms with Crippen LogP contribution in [0.1, 0.15) is 12.0 Å². The highest BCUT2D eigenvalue weighted by Crippen LogP contribution is 2.42. The van der Waals surface area contributed by atoms with Crippen molar-refractivity contribution in [2.45, 2.75) is 12.8 Å². The third-order valence-corrected chi connectivity index (χ3v) is 4.86. The molecule has 5 nitrogen and oxygen atoms in total. The van der Waals surface area contributed by atoms with E-state index in [2.05, 4.69) is 4.90 Å². The normalized spacial score (nSPS) is 15.4. The quantitative estimate of drug-likeness (QED) is 0.860. The van der Waals surface area contributed by atoms with Crippen LogP contribution in [0, 0.1) is 0 Å². The Hall–Kier alpha value is -2.69. The number of hydrogen-bond acceptors (Lipinski definition) is 4. The Bertz CT molecular complexity index is 790. The molecule has 0 saturated heterocycles. The van der Waals surface area contributed by atoms with Crippen molar-refractivity contribution in [3.63, 3.8) is 0 Å². The van der Waals surface area contributed by atoms with Gasteiger partial charge in [-0.2, -0.15) is 0 Å². The van der Waals surface area contributed by atoms with Gasteiger partial charge in [0, 0.05) is 19.5 Å². The SMILES string of the molecule is COc1cccc(CCC(=O)N2CCN3CCOc4cccc2c43)c1. The lowest BCUT2D eigenvalue weighted by molar-refractivity contribution is -0.118. The number of anilines is 2. The number of carbonyl (C=O) groups excluding carboxylic acids is 1. The molecule has 0 N–H and O–H groups in total. The number of benzene rings is 2. The van der Waals surface area contributed by atoms with Gasteiger partial charge in [-0.3, -0.25) is 4.79 Å². The van der Waals surface area contributed by atoms with E-state index in [1.54, 1.807) is 7.11 Å². The molecule has 0 aromatic heterocycles. The second kappa shape index (κ2) is 6.67. The molecule has 0 bridgehead atoms. The third kappa shape index (κ3) is 3.02. The molecule has 2 aromatic rings. The number of rotatable bonds is 4. The van der Waals surface area contributed by atoms with Crippen LogP contribution in [0.5, 0.6) is 11.5 Å². The van der Waals surface area contributed by atoms with E-state index in [4.69, 9.17) is 9.47 Å². The van der Waals surface area contributed by atoms with E-state index < -0.39 is 0 Å². The van der Waals surface area contributed by atoms with Crippen LogP contribution in [0.15, 0.2) is 42.5 Å². The van der Waals surface area contributed by atoms with Crippen molar-refractivity contribution in [1.82, 2.24) is 0 Å². The van der Waals surface area contributed by atoms with Gasteiger partial charge in [0.2, 0.25) is 5.91 Å². The van der Waals surface area contributed by atoms with Crippen molar-refractivity contribution in [3.8, 4) is 11.5 Å². The Morgan fingerprint density at radius 2 is 2.04 bits per heavy atom. The zero-order valence-corrected chi connectivity index (χ0v) is 14.4. The van der Waals surface area contributed by atoms with Crippen molar-refractivity contribution in [3.05, 3.63) is 48.0 Å². The van der Waals surface area contributed by atoms with Gasteiger partial charge < -0.3 is 19.3 Å². The number of carbonyl (C=O) groups is 1. The first kappa shape index (κ1) is 15.8. The van der Waals surface area contributed by atoms with Gasteiger partial charge in [0.05, 0.1) is 19.3 Å². The monoisotopic (exact) mass is 338 g/mol. The molecular weight excluding hydrogens is 316 g/mol. The Labute approximate surface area is 147 Å². The molecule has 0 saturated carbocycles. The van der Waals surface area contributed by atoms with E-state index in [9.17, 15) is 4.79 Å². The van der Waals surface area contributed by atoms with E-state index in [0.29, 0.717) is 19.4 Å². The predicted molar refractivity (Wildman–Crippen MR) is 97.8 cm³/mol. The summed E-state index contributed by atoms with van der Waals surface area (Å²) in [6, 6.07) is 13.9. The molecule has 5 heteroatoms. The van der Waals surface area contributed by atoms with Crippen LogP contribution in [0.2, 0.25) is 0 Å². The van der Waals surface area contributed by atoms with Crippen molar-refractivity contribution < 1.29 is 14.3 Å². The highest BCUT2D eigenvalue weighted by atomic mass is 16.5. The largest absolute Gasteiger partial charge is 0.497 e. The van der Waals surface area contributed by atoms with E-state index in [1.165, 1.54) is 0 Å². The lowest BCUT2D eigenvalue weighted by atomic mass is 10.1. The maximum atomic E-state index is 12.8. The molecule has 2 aliphatic rings. The standard InChI is InChI=1S/C20H22N2O3/c1-24-16-5-2-4-15(14-16)8-9-19(23)22-11-10-21-12-13-25-18-7-3-6-17(22)20(18)21/h2-7,14H,8-13H2,1H3. The Morgan fingerprint density at radius 1 is 1.16 bits per heavy atom. The van der Waals surface area contributed by atoms with Crippen LogP contribution < -0.4 is 19.3 Å². The maximum absolute atomic E-state index is 12.8. The van der Waals surface area contributed by atoms with Crippen molar-refractivity contribution in [2.24, 2.45) is 0 Å². The van der Waals surface area contributed by atoms with Crippen LogP contribution in [0.25, 0.3) is 0 Å². The second-order valence-corrected chi connectivity index (χ2v) is 6.36. The number of para-hydroxylation sites is 1. The second-order valence-electron chi connectivity index (χ2n) is 6.36. The van der Waals surface area contributed by atoms with Gasteiger partial charge in [0.25, 0.3) is 0 Å². The lowest BCUT2D eigenvalue weighted by Gasteiger charge is -2.41. The molecule has 2 aliphatic heterocycles. The van der Waals surface area contributed by atoms with Crippen LogP contribution >= 0.6 is 0 Å². The van der Waals surface area contributed by atoms with Gasteiger partial charge >= 0.3 is 0 Å². The summed E-state index contributed by atoms with van der Waals surface area (Å²) in [5.41, 5.74) is 3.15. The van der Waals surface area contributed by atoms with Crippen LogP contribution in [-0.2, 0) is 11.2 Å². The number of nitrogens with zero attached hydrogens (tertiary/aromatic N) is 2. The van der Waals surface area contributed by atoms with E-state index in [0.717, 1.165) is 48.1 Å². The number of hydrogen-bond donors (Lipinski definition) is 0. The fraction of sp³-hybridized carbons (Fsp3) is 0.350. The minimum atomic E-state index is 0.154. The number of aryl methyl sites for hydroxylation is 1.